The summed E-state index contributed by atoms with van der Waals surface area (Å²) < 4.78 is 29.1. The Labute approximate surface area is 126 Å². The van der Waals surface area contributed by atoms with Crippen molar-refractivity contribution in [2.75, 3.05) is 18.9 Å². The lowest BCUT2D eigenvalue weighted by Crippen LogP contribution is -2.22. The number of rotatable bonds is 8. The van der Waals surface area contributed by atoms with Crippen molar-refractivity contribution in [3.8, 4) is 5.75 Å². The van der Waals surface area contributed by atoms with Crippen LogP contribution in [0.15, 0.2) is 18.2 Å². The van der Waals surface area contributed by atoms with E-state index in [-0.39, 0.29) is 12.4 Å². The minimum atomic E-state index is -3.09. The molecule has 0 fully saturated rings. The minimum absolute atomic E-state index is 0.00344. The number of sulfone groups is 1. The molecule has 0 spiro atoms. The maximum absolute atomic E-state index is 11.7. The standard InChI is InChI=1S/C14H22ClNO3S/c1-4-16-10-12-6-5-7-13(15)14(12)19-8-9-20(17,18)11(2)3/h5-7,11,16H,4,8-10H2,1-3H3. The average molecular weight is 320 g/mol. The van der Waals surface area contributed by atoms with E-state index in [9.17, 15) is 8.42 Å². The van der Waals surface area contributed by atoms with Gasteiger partial charge in [-0.15, -0.1) is 0 Å². The molecule has 0 aliphatic rings. The molecule has 1 rings (SSSR count). The first-order valence-corrected chi connectivity index (χ1v) is 8.80. The van der Waals surface area contributed by atoms with Crippen LogP contribution in [0.5, 0.6) is 5.75 Å². The Balaban J connectivity index is 2.72. The van der Waals surface area contributed by atoms with Gasteiger partial charge in [-0.25, -0.2) is 8.42 Å². The maximum Gasteiger partial charge on any atom is 0.155 e. The lowest BCUT2D eigenvalue weighted by molar-refractivity contribution is 0.336. The van der Waals surface area contributed by atoms with Crippen LogP contribution in [0, 0.1) is 0 Å². The molecule has 1 aromatic rings. The van der Waals surface area contributed by atoms with Crippen LogP contribution in [0.3, 0.4) is 0 Å². The van der Waals surface area contributed by atoms with Crippen molar-refractivity contribution in [2.45, 2.75) is 32.6 Å². The number of para-hydroxylation sites is 1. The third kappa shape index (κ3) is 4.96. The van der Waals surface area contributed by atoms with Gasteiger partial charge in [-0.1, -0.05) is 30.7 Å². The van der Waals surface area contributed by atoms with Gasteiger partial charge in [0.05, 0.1) is 16.0 Å². The highest BCUT2D eigenvalue weighted by Gasteiger charge is 2.17. The summed E-state index contributed by atoms with van der Waals surface area (Å²) in [7, 11) is -3.09. The molecule has 0 unspecified atom stereocenters. The Morgan fingerprint density at radius 1 is 1.35 bits per heavy atom. The molecule has 0 radical (unpaired) electrons. The maximum atomic E-state index is 11.7. The van der Waals surface area contributed by atoms with Crippen LogP contribution in [-0.4, -0.2) is 32.6 Å². The monoisotopic (exact) mass is 319 g/mol. The summed E-state index contributed by atoms with van der Waals surface area (Å²) in [6.45, 7) is 6.95. The van der Waals surface area contributed by atoms with Gasteiger partial charge in [0, 0.05) is 12.1 Å². The van der Waals surface area contributed by atoms with Crippen LogP contribution < -0.4 is 10.1 Å². The summed E-state index contributed by atoms with van der Waals surface area (Å²) in [5.74, 6) is 0.561. The van der Waals surface area contributed by atoms with Crippen LogP contribution in [0.4, 0.5) is 0 Å². The fourth-order valence-electron chi connectivity index (χ4n) is 1.61. The number of hydrogen-bond acceptors (Lipinski definition) is 4. The van der Waals surface area contributed by atoms with Gasteiger partial charge < -0.3 is 10.1 Å². The topological polar surface area (TPSA) is 55.4 Å². The van der Waals surface area contributed by atoms with Gasteiger partial charge in [-0.3, -0.25) is 0 Å². The highest BCUT2D eigenvalue weighted by molar-refractivity contribution is 7.91. The summed E-state index contributed by atoms with van der Waals surface area (Å²) in [6.07, 6.45) is 0. The van der Waals surface area contributed by atoms with E-state index in [2.05, 4.69) is 5.32 Å². The smallest absolute Gasteiger partial charge is 0.155 e. The van der Waals surface area contributed by atoms with Crippen LogP contribution in [0.25, 0.3) is 0 Å². The van der Waals surface area contributed by atoms with Crippen LogP contribution in [-0.2, 0) is 16.4 Å². The third-order valence-electron chi connectivity index (χ3n) is 2.95. The van der Waals surface area contributed by atoms with Crippen LogP contribution >= 0.6 is 11.6 Å². The summed E-state index contributed by atoms with van der Waals surface area (Å²) in [5.41, 5.74) is 0.932. The van der Waals surface area contributed by atoms with E-state index in [1.807, 2.05) is 19.1 Å². The molecule has 0 bridgehead atoms. The second kappa shape index (κ2) is 7.86. The predicted octanol–water partition coefficient (Wildman–Crippen LogP) is 2.65. The molecule has 0 saturated carbocycles. The molecule has 0 aliphatic heterocycles. The largest absolute Gasteiger partial charge is 0.491 e. The molecule has 1 aromatic carbocycles. The number of halogens is 1. The molecule has 0 atom stereocenters. The summed E-state index contributed by atoms with van der Waals surface area (Å²) in [4.78, 5) is 0. The number of ether oxygens (including phenoxy) is 1. The zero-order chi connectivity index (χ0) is 15.2. The zero-order valence-electron chi connectivity index (χ0n) is 12.1. The highest BCUT2D eigenvalue weighted by atomic mass is 35.5. The molecule has 0 saturated heterocycles. The van der Waals surface area contributed by atoms with Gasteiger partial charge in [0.2, 0.25) is 0 Å². The predicted molar refractivity (Wildman–Crippen MR) is 83.3 cm³/mol. The fraction of sp³-hybridized carbons (Fsp3) is 0.571. The van der Waals surface area contributed by atoms with E-state index in [0.29, 0.717) is 17.3 Å². The van der Waals surface area contributed by atoms with Crippen molar-refractivity contribution in [3.63, 3.8) is 0 Å². The molecule has 0 amide bonds. The van der Waals surface area contributed by atoms with E-state index in [4.69, 9.17) is 16.3 Å². The van der Waals surface area contributed by atoms with Gasteiger partial charge in [0.25, 0.3) is 0 Å². The molecule has 20 heavy (non-hydrogen) atoms. The second-order valence-corrected chi connectivity index (χ2v) is 7.86. The first-order chi connectivity index (χ1) is 9.38. The van der Waals surface area contributed by atoms with Crippen molar-refractivity contribution < 1.29 is 13.2 Å². The zero-order valence-corrected chi connectivity index (χ0v) is 13.7. The van der Waals surface area contributed by atoms with Gasteiger partial charge in [-0.05, 0) is 26.5 Å². The SMILES string of the molecule is CCNCc1cccc(Cl)c1OCCS(=O)(=O)C(C)C. The fourth-order valence-corrected chi connectivity index (χ4v) is 2.65. The van der Waals surface area contributed by atoms with Crippen molar-refractivity contribution >= 4 is 21.4 Å². The van der Waals surface area contributed by atoms with Gasteiger partial charge >= 0.3 is 0 Å². The Morgan fingerprint density at radius 3 is 2.65 bits per heavy atom. The van der Waals surface area contributed by atoms with Crippen LogP contribution in [0.2, 0.25) is 5.02 Å². The van der Waals surface area contributed by atoms with E-state index in [0.717, 1.165) is 12.1 Å². The Bertz CT molecular complexity index is 529. The van der Waals surface area contributed by atoms with Crippen LogP contribution in [0.1, 0.15) is 26.3 Å². The van der Waals surface area contributed by atoms with Crippen molar-refractivity contribution in [3.05, 3.63) is 28.8 Å². The molecule has 4 nitrogen and oxygen atoms in total. The summed E-state index contributed by atoms with van der Waals surface area (Å²) in [6, 6.07) is 5.51. The van der Waals surface area contributed by atoms with E-state index < -0.39 is 15.1 Å². The van der Waals surface area contributed by atoms with Crippen molar-refractivity contribution in [1.82, 2.24) is 5.32 Å². The summed E-state index contributed by atoms with van der Waals surface area (Å²) in [5, 5.41) is 3.31. The first kappa shape index (κ1) is 17.3. The Hall–Kier alpha value is -0.780. The molecule has 6 heteroatoms. The van der Waals surface area contributed by atoms with Crippen molar-refractivity contribution in [1.29, 1.82) is 0 Å². The van der Waals surface area contributed by atoms with Gasteiger partial charge in [0.1, 0.15) is 12.4 Å². The molecule has 0 aliphatic carbocycles. The highest BCUT2D eigenvalue weighted by Crippen LogP contribution is 2.28. The molecule has 1 N–H and O–H groups in total. The third-order valence-corrected chi connectivity index (χ3v) is 5.42. The molecule has 114 valence electrons. The van der Waals surface area contributed by atoms with E-state index >= 15 is 0 Å². The van der Waals surface area contributed by atoms with Gasteiger partial charge in [0.15, 0.2) is 9.84 Å². The average Bonchev–Trinajstić information content (AvgIpc) is 2.38. The minimum Gasteiger partial charge on any atom is -0.491 e. The quantitative estimate of drug-likeness (QED) is 0.800. The normalized spacial score (nSPS) is 11.8. The molecule has 0 aromatic heterocycles. The van der Waals surface area contributed by atoms with E-state index in [1.54, 1.807) is 19.9 Å². The van der Waals surface area contributed by atoms with E-state index in [1.165, 1.54) is 0 Å². The molecular formula is C14H22ClNO3S. The Morgan fingerprint density at radius 2 is 2.05 bits per heavy atom. The van der Waals surface area contributed by atoms with Gasteiger partial charge in [-0.2, -0.15) is 0 Å². The van der Waals surface area contributed by atoms with Crippen molar-refractivity contribution in [2.24, 2.45) is 0 Å². The number of nitrogens with one attached hydrogen (secondary N) is 1. The first-order valence-electron chi connectivity index (χ1n) is 6.71. The lowest BCUT2D eigenvalue weighted by atomic mass is 10.2. The molecule has 0 heterocycles. The Kier molecular flexibility index (Phi) is 6.79. The second-order valence-electron chi connectivity index (χ2n) is 4.77. The summed E-state index contributed by atoms with van der Waals surface area (Å²) >= 11 is 6.12. The number of hydrogen-bond donors (Lipinski definition) is 1. The number of benzene rings is 1. The molecular weight excluding hydrogens is 298 g/mol. The lowest BCUT2D eigenvalue weighted by Gasteiger charge is -2.14.